The number of halogens is 2. The molecule has 0 bridgehead atoms. The van der Waals surface area contributed by atoms with Gasteiger partial charge in [-0.05, 0) is 50.4 Å². The number of rotatable bonds is 4. The van der Waals surface area contributed by atoms with Crippen molar-refractivity contribution in [3.63, 3.8) is 0 Å². The fourth-order valence-electron chi connectivity index (χ4n) is 3.43. The second kappa shape index (κ2) is 8.83. The molecule has 2 aromatic rings. The maximum Gasteiger partial charge on any atom is 0.254 e. The molecule has 1 amide bonds. The van der Waals surface area contributed by atoms with Gasteiger partial charge in [-0.25, -0.2) is 4.68 Å². The van der Waals surface area contributed by atoms with Gasteiger partial charge < -0.3 is 11.1 Å². The van der Waals surface area contributed by atoms with Crippen LogP contribution in [0.1, 0.15) is 41.7 Å². The smallest absolute Gasteiger partial charge is 0.254 e. The number of carbonyl (C=O) groups excluding carboxylic acids is 1. The summed E-state index contributed by atoms with van der Waals surface area (Å²) in [6, 6.07) is 8.04. The van der Waals surface area contributed by atoms with E-state index in [1.54, 1.807) is 10.9 Å². The molecular weight excluding hydrogens is 404 g/mol. The van der Waals surface area contributed by atoms with Gasteiger partial charge in [0.1, 0.15) is 0 Å². The summed E-state index contributed by atoms with van der Waals surface area (Å²) in [7, 11) is 0. The summed E-state index contributed by atoms with van der Waals surface area (Å²) < 4.78 is 2.77. The Labute approximate surface area is 162 Å². The molecule has 1 heterocycles. The van der Waals surface area contributed by atoms with Crippen molar-refractivity contribution in [2.24, 2.45) is 11.7 Å². The molecule has 0 radical (unpaired) electrons. The minimum absolute atomic E-state index is 0. The van der Waals surface area contributed by atoms with Crippen molar-refractivity contribution >= 4 is 34.2 Å². The number of aromatic nitrogens is 2. The molecule has 0 saturated heterocycles. The highest BCUT2D eigenvalue weighted by molar-refractivity contribution is 9.10. The highest BCUT2D eigenvalue weighted by Gasteiger charge is 2.26. The van der Waals surface area contributed by atoms with E-state index in [4.69, 9.17) is 5.73 Å². The molecule has 1 fully saturated rings. The first-order valence-electron chi connectivity index (χ1n) is 8.41. The zero-order chi connectivity index (χ0) is 17.1. The Bertz CT molecular complexity index is 734. The lowest BCUT2D eigenvalue weighted by Gasteiger charge is -2.31. The van der Waals surface area contributed by atoms with Crippen LogP contribution in [-0.2, 0) is 0 Å². The molecule has 1 aliphatic rings. The van der Waals surface area contributed by atoms with E-state index in [1.807, 2.05) is 31.2 Å². The van der Waals surface area contributed by atoms with Gasteiger partial charge in [0.2, 0.25) is 0 Å². The summed E-state index contributed by atoms with van der Waals surface area (Å²) in [5.74, 6) is 0.322. The van der Waals surface area contributed by atoms with Crippen LogP contribution in [-0.4, -0.2) is 28.3 Å². The molecule has 1 saturated carbocycles. The summed E-state index contributed by atoms with van der Waals surface area (Å²) in [4.78, 5) is 12.7. The van der Waals surface area contributed by atoms with Gasteiger partial charge in [-0.2, -0.15) is 5.10 Å². The van der Waals surface area contributed by atoms with Crippen molar-refractivity contribution in [2.75, 3.05) is 6.54 Å². The number of hydrogen-bond donors (Lipinski definition) is 2. The van der Waals surface area contributed by atoms with Crippen LogP contribution in [0.25, 0.3) is 5.69 Å². The zero-order valence-corrected chi connectivity index (χ0v) is 16.6. The highest BCUT2D eigenvalue weighted by Crippen LogP contribution is 2.24. The molecule has 7 heteroatoms. The number of carbonyl (C=O) groups is 1. The van der Waals surface area contributed by atoms with Crippen molar-refractivity contribution in [2.45, 2.75) is 38.6 Å². The lowest BCUT2D eigenvalue weighted by molar-refractivity contribution is 0.0907. The molecule has 0 aliphatic heterocycles. The number of benzene rings is 1. The lowest BCUT2D eigenvalue weighted by atomic mass is 9.84. The molecule has 1 aromatic heterocycles. The van der Waals surface area contributed by atoms with E-state index >= 15 is 0 Å². The van der Waals surface area contributed by atoms with Gasteiger partial charge in [0.15, 0.2) is 0 Å². The Morgan fingerprint density at radius 3 is 2.88 bits per heavy atom. The van der Waals surface area contributed by atoms with Crippen LogP contribution in [0.3, 0.4) is 0 Å². The molecule has 0 spiro atoms. The molecule has 1 aliphatic carbocycles. The number of nitrogens with zero attached hydrogens (tertiary/aromatic N) is 2. The van der Waals surface area contributed by atoms with Crippen molar-refractivity contribution in [3.05, 3.63) is 46.2 Å². The minimum Gasteiger partial charge on any atom is -0.349 e. The molecule has 1 aromatic carbocycles. The van der Waals surface area contributed by atoms with Gasteiger partial charge >= 0.3 is 0 Å². The summed E-state index contributed by atoms with van der Waals surface area (Å²) in [5, 5.41) is 7.56. The fraction of sp³-hybridized carbons (Fsp3) is 0.444. The van der Waals surface area contributed by atoms with Gasteiger partial charge in [0.05, 0.1) is 23.1 Å². The lowest BCUT2D eigenvalue weighted by Crippen LogP contribution is -2.44. The predicted molar refractivity (Wildman–Crippen MR) is 106 cm³/mol. The fourth-order valence-corrected chi connectivity index (χ4v) is 3.81. The van der Waals surface area contributed by atoms with Gasteiger partial charge in [0.25, 0.3) is 5.91 Å². The van der Waals surface area contributed by atoms with Crippen molar-refractivity contribution < 1.29 is 4.79 Å². The standard InChI is InChI=1S/C18H23BrN4O.ClH/c1-12-16(11-21-23(12)15-7-4-6-14(19)9-15)18(24)22-17-8-3-2-5-13(17)10-20;/h4,6-7,9,11,13,17H,2-3,5,8,10,20H2,1H3,(H,22,24);1H. The Hall–Kier alpha value is -1.37. The maximum atomic E-state index is 12.7. The Morgan fingerprint density at radius 1 is 1.40 bits per heavy atom. The Kier molecular flexibility index (Phi) is 7.04. The first kappa shape index (κ1) is 19.9. The van der Waals surface area contributed by atoms with E-state index in [2.05, 4.69) is 26.3 Å². The van der Waals surface area contributed by atoms with Crippen molar-refractivity contribution in [3.8, 4) is 5.69 Å². The molecule has 5 nitrogen and oxygen atoms in total. The van der Waals surface area contributed by atoms with Crippen molar-refractivity contribution in [1.29, 1.82) is 0 Å². The summed E-state index contributed by atoms with van der Waals surface area (Å²) >= 11 is 3.47. The van der Waals surface area contributed by atoms with Gasteiger partial charge in [-0.15, -0.1) is 12.4 Å². The predicted octanol–water partition coefficient (Wildman–Crippen LogP) is 3.61. The van der Waals surface area contributed by atoms with Crippen LogP contribution in [0.2, 0.25) is 0 Å². The maximum absolute atomic E-state index is 12.7. The third kappa shape index (κ3) is 4.43. The Morgan fingerprint density at radius 2 is 2.16 bits per heavy atom. The molecule has 2 unspecified atom stereocenters. The number of hydrogen-bond acceptors (Lipinski definition) is 3. The number of nitrogens with two attached hydrogens (primary N) is 1. The minimum atomic E-state index is -0.0564. The molecule has 2 atom stereocenters. The van der Waals surface area contributed by atoms with E-state index in [1.165, 1.54) is 6.42 Å². The van der Waals surface area contributed by atoms with E-state index in [0.29, 0.717) is 18.0 Å². The quantitative estimate of drug-likeness (QED) is 0.783. The first-order valence-corrected chi connectivity index (χ1v) is 9.21. The monoisotopic (exact) mass is 426 g/mol. The SMILES string of the molecule is Cc1c(C(=O)NC2CCCCC2CN)cnn1-c1cccc(Br)c1.Cl. The average molecular weight is 428 g/mol. The topological polar surface area (TPSA) is 72.9 Å². The first-order chi connectivity index (χ1) is 11.6. The van der Waals surface area contributed by atoms with Crippen LogP contribution < -0.4 is 11.1 Å². The van der Waals surface area contributed by atoms with Gasteiger partial charge in [0, 0.05) is 10.5 Å². The largest absolute Gasteiger partial charge is 0.349 e. The third-order valence-corrected chi connectivity index (χ3v) is 5.33. The van der Waals surface area contributed by atoms with Gasteiger partial charge in [-0.3, -0.25) is 4.79 Å². The van der Waals surface area contributed by atoms with Crippen LogP contribution in [0, 0.1) is 12.8 Å². The Balaban J connectivity index is 0.00000225. The second-order valence-electron chi connectivity index (χ2n) is 6.40. The van der Waals surface area contributed by atoms with E-state index in [9.17, 15) is 4.79 Å². The molecule has 3 rings (SSSR count). The molecule has 136 valence electrons. The van der Waals surface area contributed by atoms with E-state index in [-0.39, 0.29) is 24.4 Å². The number of nitrogens with one attached hydrogen (secondary N) is 1. The van der Waals surface area contributed by atoms with Crippen LogP contribution >= 0.6 is 28.3 Å². The van der Waals surface area contributed by atoms with Gasteiger partial charge in [-0.1, -0.05) is 34.8 Å². The third-order valence-electron chi connectivity index (χ3n) is 4.84. The van der Waals surface area contributed by atoms with Crippen molar-refractivity contribution in [1.82, 2.24) is 15.1 Å². The second-order valence-corrected chi connectivity index (χ2v) is 7.31. The van der Waals surface area contributed by atoms with Crippen LogP contribution in [0.15, 0.2) is 34.9 Å². The van der Waals surface area contributed by atoms with E-state index in [0.717, 1.165) is 35.1 Å². The summed E-state index contributed by atoms with van der Waals surface area (Å²) in [5.41, 5.74) is 8.25. The zero-order valence-electron chi connectivity index (χ0n) is 14.2. The number of amides is 1. The highest BCUT2D eigenvalue weighted by atomic mass is 79.9. The normalized spacial score (nSPS) is 20.0. The van der Waals surface area contributed by atoms with Crippen LogP contribution in [0.5, 0.6) is 0 Å². The van der Waals surface area contributed by atoms with E-state index < -0.39 is 0 Å². The average Bonchev–Trinajstić information content (AvgIpc) is 2.97. The molecule has 3 N–H and O–H groups in total. The summed E-state index contributed by atoms with van der Waals surface area (Å²) in [6.45, 7) is 2.55. The van der Waals surface area contributed by atoms with Crippen LogP contribution in [0.4, 0.5) is 0 Å². The molecule has 25 heavy (non-hydrogen) atoms. The summed E-state index contributed by atoms with van der Waals surface area (Å²) in [6.07, 6.45) is 6.10. The molecular formula is C18H24BrClN4O.